The Hall–Kier alpha value is -0.400. The molecule has 234 valence electrons. The molecule has 40 heavy (non-hydrogen) atoms. The summed E-state index contributed by atoms with van der Waals surface area (Å²) in [5.74, 6) is -1.52. The average molecular weight is 575 g/mol. The van der Waals surface area contributed by atoms with Gasteiger partial charge in [-0.1, -0.05) is 40.0 Å². The van der Waals surface area contributed by atoms with Crippen LogP contribution in [0.2, 0.25) is 0 Å². The molecule has 0 N–H and O–H groups in total. The van der Waals surface area contributed by atoms with Gasteiger partial charge in [0.2, 0.25) is 0 Å². The third-order valence-electron chi connectivity index (χ3n) is 7.74. The van der Waals surface area contributed by atoms with E-state index in [0.717, 1.165) is 38.5 Å². The second-order valence-corrected chi connectivity index (χ2v) is 12.3. The normalized spacial score (nSPS) is 38.3. The van der Waals surface area contributed by atoms with Crippen molar-refractivity contribution in [2.75, 3.05) is 33.0 Å². The Morgan fingerprint density at radius 3 is 1.98 bits per heavy atom. The van der Waals surface area contributed by atoms with E-state index in [9.17, 15) is 0 Å². The van der Waals surface area contributed by atoms with Crippen molar-refractivity contribution in [2.24, 2.45) is 0 Å². The molecule has 0 aromatic rings. The molecule has 0 saturated carbocycles. The van der Waals surface area contributed by atoms with Crippen LogP contribution in [-0.4, -0.2) is 99.9 Å². The van der Waals surface area contributed by atoms with E-state index in [0.29, 0.717) is 32.8 Å². The lowest BCUT2D eigenvalue weighted by atomic mass is 9.99. The Labute approximate surface area is 240 Å². The molecule has 4 aliphatic heterocycles. The van der Waals surface area contributed by atoms with E-state index in [1.54, 1.807) is 0 Å². The van der Waals surface area contributed by atoms with E-state index < -0.39 is 30.3 Å². The fourth-order valence-corrected chi connectivity index (χ4v) is 5.73. The summed E-state index contributed by atoms with van der Waals surface area (Å²) < 4.78 is 62.6. The summed E-state index contributed by atoms with van der Waals surface area (Å²) in [5.41, 5.74) is 0. The first kappa shape index (κ1) is 32.5. The molecule has 3 unspecified atom stereocenters. The monoisotopic (exact) mass is 574 g/mol. The molecule has 4 aliphatic rings. The molecule has 0 radical (unpaired) electrons. The summed E-state index contributed by atoms with van der Waals surface area (Å²) in [7, 11) is 0. The van der Waals surface area contributed by atoms with Crippen LogP contribution in [0, 0.1) is 0 Å². The third kappa shape index (κ3) is 8.58. The van der Waals surface area contributed by atoms with Gasteiger partial charge in [-0.3, -0.25) is 0 Å². The number of rotatable bonds is 16. The van der Waals surface area contributed by atoms with Gasteiger partial charge in [0.25, 0.3) is 0 Å². The number of unbranched alkanes of at least 4 members (excludes halogenated alkanes) is 3. The van der Waals surface area contributed by atoms with Crippen LogP contribution >= 0.6 is 0 Å². The first-order valence-corrected chi connectivity index (χ1v) is 15.6. The molecule has 0 aliphatic carbocycles. The SMILES string of the molecule is CCCCOCC1O[C@@H](OCC2O[C@@H]3OC(C)(C)OC3[C@H]3OC(C)(C)O[C@@H]23)C[C@@H](OCCCC)[C@@H]1OCCCC. The maximum absolute atomic E-state index is 6.47. The summed E-state index contributed by atoms with van der Waals surface area (Å²) in [4.78, 5) is 0. The zero-order chi connectivity index (χ0) is 28.8. The van der Waals surface area contributed by atoms with Gasteiger partial charge in [-0.25, -0.2) is 0 Å². The minimum absolute atomic E-state index is 0.149. The van der Waals surface area contributed by atoms with E-state index in [1.807, 2.05) is 27.7 Å². The topological polar surface area (TPSA) is 92.3 Å². The molecule has 4 saturated heterocycles. The molecule has 4 fully saturated rings. The standard InChI is InChI=1S/C30H54O10/c1-8-11-14-31-18-21-24(33-16-13-10-3)20(32-15-12-9-2)17-23(35-21)34-19-22-25-26(38-29(4,5)37-25)27-28(36-22)40-30(6,7)39-27/h20-28H,8-19H2,1-7H3/t20-,21?,22?,23-,24+,25+,26+,27?,28-/m1/s1. The van der Waals surface area contributed by atoms with Crippen molar-refractivity contribution < 1.29 is 47.4 Å². The van der Waals surface area contributed by atoms with Gasteiger partial charge in [-0.2, -0.15) is 0 Å². The first-order chi connectivity index (χ1) is 19.2. The van der Waals surface area contributed by atoms with Crippen molar-refractivity contribution in [3.63, 3.8) is 0 Å². The van der Waals surface area contributed by atoms with Gasteiger partial charge in [-0.05, 0) is 47.0 Å². The molecular weight excluding hydrogens is 520 g/mol. The lowest BCUT2D eigenvalue weighted by Crippen LogP contribution is -2.57. The molecule has 4 heterocycles. The maximum atomic E-state index is 6.47. The van der Waals surface area contributed by atoms with Crippen LogP contribution in [0.5, 0.6) is 0 Å². The Kier molecular flexibility index (Phi) is 12.1. The lowest BCUT2D eigenvalue weighted by Gasteiger charge is -2.42. The second kappa shape index (κ2) is 14.9. The van der Waals surface area contributed by atoms with Gasteiger partial charge < -0.3 is 47.4 Å². The molecule has 10 heteroatoms. The Morgan fingerprint density at radius 2 is 1.25 bits per heavy atom. The molecule has 4 rings (SSSR count). The van der Waals surface area contributed by atoms with Gasteiger partial charge in [-0.15, -0.1) is 0 Å². The fourth-order valence-electron chi connectivity index (χ4n) is 5.73. The molecule has 0 aromatic carbocycles. The average Bonchev–Trinajstić information content (AvgIpc) is 3.40. The van der Waals surface area contributed by atoms with Crippen molar-refractivity contribution in [1.29, 1.82) is 0 Å². The fraction of sp³-hybridized carbons (Fsp3) is 1.00. The zero-order valence-electron chi connectivity index (χ0n) is 25.8. The number of fused-ring (bicyclic) bond motifs is 3. The van der Waals surface area contributed by atoms with Gasteiger partial charge in [0.1, 0.15) is 36.6 Å². The van der Waals surface area contributed by atoms with E-state index in [2.05, 4.69) is 20.8 Å². The summed E-state index contributed by atoms with van der Waals surface area (Å²) in [6.07, 6.45) is 3.62. The van der Waals surface area contributed by atoms with Gasteiger partial charge in [0, 0.05) is 26.2 Å². The predicted octanol–water partition coefficient (Wildman–Crippen LogP) is 4.70. The van der Waals surface area contributed by atoms with Crippen molar-refractivity contribution in [1.82, 2.24) is 0 Å². The molecule has 10 nitrogen and oxygen atoms in total. The van der Waals surface area contributed by atoms with E-state index in [4.69, 9.17) is 47.4 Å². The highest BCUT2D eigenvalue weighted by atomic mass is 16.9. The molecule has 0 spiro atoms. The summed E-state index contributed by atoms with van der Waals surface area (Å²) in [5, 5.41) is 0. The van der Waals surface area contributed by atoms with Crippen LogP contribution in [0.4, 0.5) is 0 Å². The van der Waals surface area contributed by atoms with Crippen molar-refractivity contribution in [3.05, 3.63) is 0 Å². The second-order valence-electron chi connectivity index (χ2n) is 12.3. The van der Waals surface area contributed by atoms with Gasteiger partial charge >= 0.3 is 0 Å². The lowest BCUT2D eigenvalue weighted by molar-refractivity contribution is -0.294. The van der Waals surface area contributed by atoms with Gasteiger partial charge in [0.05, 0.1) is 19.3 Å². The summed E-state index contributed by atoms with van der Waals surface area (Å²) in [6, 6.07) is 0. The van der Waals surface area contributed by atoms with Crippen molar-refractivity contribution >= 4 is 0 Å². The smallest absolute Gasteiger partial charge is 0.190 e. The van der Waals surface area contributed by atoms with E-state index in [1.165, 1.54) is 0 Å². The van der Waals surface area contributed by atoms with Crippen molar-refractivity contribution in [3.8, 4) is 0 Å². The first-order valence-electron chi connectivity index (χ1n) is 15.6. The maximum Gasteiger partial charge on any atom is 0.190 e. The van der Waals surface area contributed by atoms with Crippen LogP contribution in [-0.2, 0) is 47.4 Å². The highest BCUT2D eigenvalue weighted by molar-refractivity contribution is 5.00. The molecule has 9 atom stereocenters. The zero-order valence-corrected chi connectivity index (χ0v) is 25.8. The minimum atomic E-state index is -0.765. The molecule has 0 amide bonds. The molecular formula is C30H54O10. The Balaban J connectivity index is 1.42. The highest BCUT2D eigenvalue weighted by Gasteiger charge is 2.60. The molecule has 0 bridgehead atoms. The highest BCUT2D eigenvalue weighted by Crippen LogP contribution is 2.44. The number of hydrogen-bond acceptors (Lipinski definition) is 10. The van der Waals surface area contributed by atoms with Crippen molar-refractivity contribution in [2.45, 2.75) is 160 Å². The third-order valence-corrected chi connectivity index (χ3v) is 7.74. The van der Waals surface area contributed by atoms with Crippen LogP contribution in [0.1, 0.15) is 93.4 Å². The van der Waals surface area contributed by atoms with Crippen LogP contribution in [0.3, 0.4) is 0 Å². The Bertz CT molecular complexity index is 748. The summed E-state index contributed by atoms with van der Waals surface area (Å²) >= 11 is 0. The van der Waals surface area contributed by atoms with E-state index in [-0.39, 0.29) is 43.2 Å². The van der Waals surface area contributed by atoms with Crippen LogP contribution in [0.25, 0.3) is 0 Å². The number of hydrogen-bond donors (Lipinski definition) is 0. The molecule has 0 aromatic heterocycles. The minimum Gasteiger partial charge on any atom is -0.379 e. The summed E-state index contributed by atoms with van der Waals surface area (Å²) in [6.45, 7) is 16.8. The van der Waals surface area contributed by atoms with Gasteiger partial charge in [0.15, 0.2) is 24.2 Å². The number of ether oxygens (including phenoxy) is 10. The largest absolute Gasteiger partial charge is 0.379 e. The quantitative estimate of drug-likeness (QED) is 0.242. The van der Waals surface area contributed by atoms with Crippen LogP contribution in [0.15, 0.2) is 0 Å². The predicted molar refractivity (Wildman–Crippen MR) is 147 cm³/mol. The van der Waals surface area contributed by atoms with E-state index >= 15 is 0 Å². The van der Waals surface area contributed by atoms with Crippen LogP contribution < -0.4 is 0 Å². The Morgan fingerprint density at radius 1 is 0.625 bits per heavy atom.